The van der Waals surface area contributed by atoms with Gasteiger partial charge < -0.3 is 5.32 Å². The van der Waals surface area contributed by atoms with Crippen LogP contribution in [0.15, 0.2) is 46.7 Å². The van der Waals surface area contributed by atoms with E-state index in [0.717, 1.165) is 18.5 Å². The maximum Gasteiger partial charge on any atom is 0.177 e. The molecule has 0 unspecified atom stereocenters. The van der Waals surface area contributed by atoms with E-state index < -0.39 is 21.6 Å². The number of Topliss-reactive ketones (excluding diaryl/α,β-unsaturated/α-hetero) is 1. The molecule has 2 heterocycles. The number of benzene rings is 1. The molecule has 3 aliphatic rings. The molecule has 4 rings (SSSR count). The third-order valence-corrected chi connectivity index (χ3v) is 7.03. The van der Waals surface area contributed by atoms with Crippen LogP contribution in [0.5, 0.6) is 0 Å². The van der Waals surface area contributed by atoms with Gasteiger partial charge in [-0.1, -0.05) is 18.7 Å². The van der Waals surface area contributed by atoms with Gasteiger partial charge in [-0.05, 0) is 30.5 Å². The van der Waals surface area contributed by atoms with E-state index in [9.17, 15) is 17.6 Å². The minimum Gasteiger partial charge on any atom is -0.361 e. The highest BCUT2D eigenvalue weighted by atomic mass is 32.2. The lowest BCUT2D eigenvalue weighted by Crippen LogP contribution is -2.32. The third kappa shape index (κ3) is 2.47. The maximum atomic E-state index is 13.9. The van der Waals surface area contributed by atoms with Gasteiger partial charge in [0, 0.05) is 35.4 Å². The van der Waals surface area contributed by atoms with Gasteiger partial charge in [0.2, 0.25) is 0 Å². The summed E-state index contributed by atoms with van der Waals surface area (Å²) in [6.07, 6.45) is 3.72. The number of halogens is 1. The first-order valence-corrected chi connectivity index (χ1v) is 9.98. The number of dihydropyridines is 1. The summed E-state index contributed by atoms with van der Waals surface area (Å²) < 4.78 is 39.2. The molecule has 130 valence electrons. The Kier molecular flexibility index (Phi) is 3.68. The van der Waals surface area contributed by atoms with Crippen molar-refractivity contribution in [3.05, 3.63) is 63.6 Å². The van der Waals surface area contributed by atoms with Crippen LogP contribution in [0.25, 0.3) is 6.08 Å². The van der Waals surface area contributed by atoms with Gasteiger partial charge in [0.1, 0.15) is 5.82 Å². The molecule has 2 aliphatic heterocycles. The van der Waals surface area contributed by atoms with Gasteiger partial charge in [-0.25, -0.2) is 12.8 Å². The van der Waals surface area contributed by atoms with Gasteiger partial charge in [-0.2, -0.15) is 0 Å². The Morgan fingerprint density at radius 1 is 1.20 bits per heavy atom. The summed E-state index contributed by atoms with van der Waals surface area (Å²) in [5.41, 5.74) is 2.96. The molecule has 0 amide bonds. The van der Waals surface area contributed by atoms with E-state index in [0.29, 0.717) is 35.2 Å². The Morgan fingerprint density at radius 2 is 2.00 bits per heavy atom. The van der Waals surface area contributed by atoms with Crippen molar-refractivity contribution in [2.24, 2.45) is 0 Å². The van der Waals surface area contributed by atoms with Crippen molar-refractivity contribution < 1.29 is 17.6 Å². The summed E-state index contributed by atoms with van der Waals surface area (Å²) in [7, 11) is -3.44. The van der Waals surface area contributed by atoms with E-state index >= 15 is 0 Å². The Morgan fingerprint density at radius 3 is 2.76 bits per heavy atom. The molecule has 1 aliphatic carbocycles. The van der Waals surface area contributed by atoms with Crippen LogP contribution >= 0.6 is 0 Å². The number of allylic oxidation sites excluding steroid dienone is 4. The fourth-order valence-electron chi connectivity index (χ4n) is 3.99. The molecule has 1 aromatic rings. The molecule has 0 bridgehead atoms. The lowest BCUT2D eigenvalue weighted by atomic mass is 9.79. The molecule has 4 nitrogen and oxygen atoms in total. The SMILES string of the molecule is C=Cc1cc([C@H]2C3=C(CCCC3=O)NC3=C2S(=O)(=O)CC3)ccc1F. The van der Waals surface area contributed by atoms with E-state index in [1.807, 2.05) is 0 Å². The summed E-state index contributed by atoms with van der Waals surface area (Å²) in [5.74, 6) is -1.05. The Labute approximate surface area is 146 Å². The number of hydrogen-bond acceptors (Lipinski definition) is 4. The number of sulfone groups is 1. The predicted octanol–water partition coefficient (Wildman–Crippen LogP) is 3.19. The van der Waals surface area contributed by atoms with Crippen molar-refractivity contribution in [3.8, 4) is 0 Å². The van der Waals surface area contributed by atoms with Crippen LogP contribution in [0, 0.1) is 5.82 Å². The molecular formula is C19H18FNO3S. The topological polar surface area (TPSA) is 63.2 Å². The van der Waals surface area contributed by atoms with Crippen LogP contribution in [0.2, 0.25) is 0 Å². The van der Waals surface area contributed by atoms with E-state index in [1.165, 1.54) is 12.1 Å². The standard InChI is InChI=1S/C19H18FNO3S/c1-2-11-10-12(6-7-13(11)20)17-18-14(4-3-5-16(18)22)21-15-8-9-25(23,24)19(15)17/h2,6-7,10,17,21H,1,3-5,8-9H2/t17-/m0/s1. The van der Waals surface area contributed by atoms with Gasteiger partial charge in [0.05, 0.1) is 16.6 Å². The number of ketones is 1. The molecule has 1 aromatic carbocycles. The Bertz CT molecular complexity index is 972. The zero-order chi connectivity index (χ0) is 17.8. The van der Waals surface area contributed by atoms with Gasteiger partial charge in [0.25, 0.3) is 0 Å². The molecule has 0 aromatic heterocycles. The van der Waals surface area contributed by atoms with Crippen molar-refractivity contribution in [2.75, 3.05) is 5.75 Å². The number of rotatable bonds is 2. The summed E-state index contributed by atoms with van der Waals surface area (Å²) >= 11 is 0. The highest BCUT2D eigenvalue weighted by molar-refractivity contribution is 7.95. The number of carbonyl (C=O) groups is 1. The second-order valence-corrected chi connectivity index (χ2v) is 8.70. The van der Waals surface area contributed by atoms with Gasteiger partial charge >= 0.3 is 0 Å². The van der Waals surface area contributed by atoms with Crippen LogP contribution in [0.4, 0.5) is 4.39 Å². The van der Waals surface area contributed by atoms with Crippen molar-refractivity contribution >= 4 is 21.7 Å². The normalized spacial score (nSPS) is 24.7. The van der Waals surface area contributed by atoms with Crippen LogP contribution in [-0.4, -0.2) is 20.0 Å². The molecule has 0 saturated carbocycles. The quantitative estimate of drug-likeness (QED) is 0.881. The Hall–Kier alpha value is -2.21. The molecule has 0 spiro atoms. The van der Waals surface area contributed by atoms with Crippen molar-refractivity contribution in [3.63, 3.8) is 0 Å². The summed E-state index contributed by atoms with van der Waals surface area (Å²) in [5, 5.41) is 3.21. The molecule has 0 radical (unpaired) electrons. The molecule has 0 saturated heterocycles. The summed E-state index contributed by atoms with van der Waals surface area (Å²) in [6, 6.07) is 4.48. The minimum atomic E-state index is -3.44. The first-order chi connectivity index (χ1) is 11.9. The average Bonchev–Trinajstić information content (AvgIpc) is 2.89. The second-order valence-electron chi connectivity index (χ2n) is 6.62. The van der Waals surface area contributed by atoms with Crippen LogP contribution in [-0.2, 0) is 14.6 Å². The molecule has 6 heteroatoms. The zero-order valence-corrected chi connectivity index (χ0v) is 14.5. The van der Waals surface area contributed by atoms with Crippen molar-refractivity contribution in [1.29, 1.82) is 0 Å². The van der Waals surface area contributed by atoms with Gasteiger partial charge in [-0.3, -0.25) is 4.79 Å². The van der Waals surface area contributed by atoms with Crippen LogP contribution in [0.3, 0.4) is 0 Å². The highest BCUT2D eigenvalue weighted by Crippen LogP contribution is 2.47. The van der Waals surface area contributed by atoms with Crippen LogP contribution < -0.4 is 5.32 Å². The molecule has 1 N–H and O–H groups in total. The van der Waals surface area contributed by atoms with Gasteiger partial charge in [0.15, 0.2) is 15.6 Å². The first kappa shape index (κ1) is 16.3. The fourth-order valence-corrected chi connectivity index (χ4v) is 5.83. The second kappa shape index (κ2) is 5.66. The lowest BCUT2D eigenvalue weighted by molar-refractivity contribution is -0.116. The fraction of sp³-hybridized carbons (Fsp3) is 0.316. The third-order valence-electron chi connectivity index (χ3n) is 5.14. The summed E-state index contributed by atoms with van der Waals surface area (Å²) in [4.78, 5) is 12.9. The monoisotopic (exact) mass is 359 g/mol. The van der Waals surface area contributed by atoms with E-state index in [4.69, 9.17) is 0 Å². The van der Waals surface area contributed by atoms with Crippen LogP contribution in [0.1, 0.15) is 42.7 Å². The summed E-state index contributed by atoms with van der Waals surface area (Å²) in [6.45, 7) is 3.61. The maximum absolute atomic E-state index is 13.9. The number of nitrogens with one attached hydrogen (secondary N) is 1. The van der Waals surface area contributed by atoms with E-state index in [1.54, 1.807) is 12.1 Å². The van der Waals surface area contributed by atoms with Crippen molar-refractivity contribution in [2.45, 2.75) is 31.6 Å². The predicted molar refractivity (Wildman–Crippen MR) is 93.7 cm³/mol. The highest BCUT2D eigenvalue weighted by Gasteiger charge is 2.44. The molecule has 1 atom stereocenters. The zero-order valence-electron chi connectivity index (χ0n) is 13.6. The first-order valence-electron chi connectivity index (χ1n) is 8.33. The minimum absolute atomic E-state index is 0.0307. The number of carbonyl (C=O) groups excluding carboxylic acids is 1. The largest absolute Gasteiger partial charge is 0.361 e. The number of hydrogen-bond donors (Lipinski definition) is 1. The Balaban J connectivity index is 1.96. The van der Waals surface area contributed by atoms with Crippen molar-refractivity contribution in [1.82, 2.24) is 5.32 Å². The molecular weight excluding hydrogens is 341 g/mol. The van der Waals surface area contributed by atoms with Gasteiger partial charge in [-0.15, -0.1) is 0 Å². The average molecular weight is 359 g/mol. The van der Waals surface area contributed by atoms with E-state index in [2.05, 4.69) is 11.9 Å². The van der Waals surface area contributed by atoms with E-state index in [-0.39, 0.29) is 16.4 Å². The lowest BCUT2D eigenvalue weighted by Gasteiger charge is -2.33. The molecule has 0 fully saturated rings. The molecule has 25 heavy (non-hydrogen) atoms. The smallest absolute Gasteiger partial charge is 0.177 e.